The van der Waals surface area contributed by atoms with E-state index in [9.17, 15) is 10.1 Å². The van der Waals surface area contributed by atoms with Gasteiger partial charge in [0, 0.05) is 17.9 Å². The molecule has 0 unspecified atom stereocenters. The first-order valence-corrected chi connectivity index (χ1v) is 10.9. The molecule has 33 heavy (non-hydrogen) atoms. The van der Waals surface area contributed by atoms with Crippen molar-refractivity contribution in [3.63, 3.8) is 0 Å². The maximum Gasteiger partial charge on any atom is 0.308 e. The van der Waals surface area contributed by atoms with Gasteiger partial charge in [0.15, 0.2) is 11.5 Å². The van der Waals surface area contributed by atoms with E-state index < -0.39 is 5.97 Å². The van der Waals surface area contributed by atoms with Crippen molar-refractivity contribution in [3.05, 3.63) is 70.5 Å². The van der Waals surface area contributed by atoms with E-state index in [0.29, 0.717) is 27.6 Å². The Labute approximate surface area is 195 Å². The van der Waals surface area contributed by atoms with Crippen molar-refractivity contribution in [2.24, 2.45) is 0 Å². The SMILES string of the molecule is COc1cc(/C=C(\C#N)c2nc(-c3cccc4ccccc34)cs2)cc(OC)c1OC(C)=O. The molecule has 3 aromatic carbocycles. The van der Waals surface area contributed by atoms with Crippen LogP contribution in [0.5, 0.6) is 17.2 Å². The van der Waals surface area contributed by atoms with Crippen molar-refractivity contribution in [1.29, 1.82) is 5.26 Å². The standard InChI is InChI=1S/C26H20N2O4S/c1-16(29)32-25-23(30-2)12-17(13-24(25)31-3)11-19(14-27)26-28-22(15-33-26)21-10-6-8-18-7-4-5-9-20(18)21/h4-13,15H,1-3H3/b19-11+. The lowest BCUT2D eigenvalue weighted by molar-refractivity contribution is -0.132. The van der Waals surface area contributed by atoms with Gasteiger partial charge in [-0.1, -0.05) is 42.5 Å². The second-order valence-electron chi connectivity index (χ2n) is 7.08. The molecule has 0 bridgehead atoms. The summed E-state index contributed by atoms with van der Waals surface area (Å²) in [4.78, 5) is 16.2. The van der Waals surface area contributed by atoms with Crippen LogP contribution in [0.2, 0.25) is 0 Å². The number of nitriles is 1. The van der Waals surface area contributed by atoms with Crippen LogP contribution in [0.1, 0.15) is 17.5 Å². The highest BCUT2D eigenvalue weighted by atomic mass is 32.1. The van der Waals surface area contributed by atoms with Gasteiger partial charge in [-0.25, -0.2) is 4.98 Å². The zero-order valence-corrected chi connectivity index (χ0v) is 19.1. The van der Waals surface area contributed by atoms with E-state index in [1.807, 2.05) is 29.6 Å². The Bertz CT molecular complexity index is 1390. The Balaban J connectivity index is 1.74. The molecule has 0 radical (unpaired) electrons. The number of hydrogen-bond acceptors (Lipinski definition) is 7. The molecule has 0 aliphatic heterocycles. The molecule has 4 aromatic rings. The van der Waals surface area contributed by atoms with Gasteiger partial charge in [-0.05, 0) is 34.5 Å². The summed E-state index contributed by atoms with van der Waals surface area (Å²) in [5.74, 6) is 0.347. The quantitative estimate of drug-likeness (QED) is 0.202. The van der Waals surface area contributed by atoms with Crippen LogP contribution >= 0.6 is 11.3 Å². The van der Waals surface area contributed by atoms with E-state index in [-0.39, 0.29) is 5.75 Å². The number of nitrogens with zero attached hydrogens (tertiary/aromatic N) is 2. The number of thiazole rings is 1. The van der Waals surface area contributed by atoms with Crippen LogP contribution in [0.15, 0.2) is 60.0 Å². The fourth-order valence-electron chi connectivity index (χ4n) is 3.51. The van der Waals surface area contributed by atoms with Gasteiger partial charge in [0.1, 0.15) is 11.1 Å². The summed E-state index contributed by atoms with van der Waals surface area (Å²) < 4.78 is 16.0. The van der Waals surface area contributed by atoms with Crippen LogP contribution < -0.4 is 14.2 Å². The number of esters is 1. The zero-order chi connectivity index (χ0) is 23.4. The minimum atomic E-state index is -0.489. The third kappa shape index (κ3) is 4.56. The van der Waals surface area contributed by atoms with Crippen LogP contribution in [0.25, 0.3) is 33.7 Å². The summed E-state index contributed by atoms with van der Waals surface area (Å²) in [6.07, 6.45) is 1.70. The zero-order valence-electron chi connectivity index (χ0n) is 18.3. The Morgan fingerprint density at radius 2 is 1.76 bits per heavy atom. The highest BCUT2D eigenvalue weighted by Gasteiger charge is 2.17. The molecule has 0 fully saturated rings. The first-order chi connectivity index (χ1) is 16.0. The largest absolute Gasteiger partial charge is 0.493 e. The molecule has 0 spiro atoms. The third-order valence-electron chi connectivity index (χ3n) is 4.96. The highest BCUT2D eigenvalue weighted by Crippen LogP contribution is 2.40. The van der Waals surface area contributed by atoms with Crippen molar-refractivity contribution < 1.29 is 19.0 Å². The number of fused-ring (bicyclic) bond motifs is 1. The van der Waals surface area contributed by atoms with Gasteiger partial charge in [-0.3, -0.25) is 4.79 Å². The van der Waals surface area contributed by atoms with E-state index in [1.165, 1.54) is 32.5 Å². The van der Waals surface area contributed by atoms with Gasteiger partial charge >= 0.3 is 5.97 Å². The molecule has 6 nitrogen and oxygen atoms in total. The van der Waals surface area contributed by atoms with Crippen molar-refractivity contribution in [3.8, 4) is 34.6 Å². The minimum Gasteiger partial charge on any atom is -0.493 e. The number of benzene rings is 3. The second-order valence-corrected chi connectivity index (χ2v) is 7.94. The summed E-state index contributed by atoms with van der Waals surface area (Å²) in [6, 6.07) is 19.8. The number of ether oxygens (including phenoxy) is 3. The lowest BCUT2D eigenvalue weighted by atomic mass is 10.0. The summed E-state index contributed by atoms with van der Waals surface area (Å²) in [5, 5.41) is 14.6. The smallest absolute Gasteiger partial charge is 0.308 e. The molecule has 164 valence electrons. The molecule has 7 heteroatoms. The summed E-state index contributed by atoms with van der Waals surface area (Å²) in [7, 11) is 2.94. The lowest BCUT2D eigenvalue weighted by Gasteiger charge is -2.13. The molecule has 0 atom stereocenters. The number of rotatable bonds is 6. The van der Waals surface area contributed by atoms with Crippen molar-refractivity contribution >= 4 is 39.7 Å². The van der Waals surface area contributed by atoms with Gasteiger partial charge in [0.05, 0.1) is 25.5 Å². The molecule has 0 N–H and O–H groups in total. The van der Waals surface area contributed by atoms with Crippen LogP contribution in [0.3, 0.4) is 0 Å². The average Bonchev–Trinajstić information content (AvgIpc) is 3.32. The fraction of sp³-hybridized carbons (Fsp3) is 0.115. The normalized spacial score (nSPS) is 11.2. The maximum absolute atomic E-state index is 11.4. The minimum absolute atomic E-state index is 0.190. The first kappa shape index (κ1) is 22.1. The number of carbonyl (C=O) groups excluding carboxylic acids is 1. The average molecular weight is 457 g/mol. The number of aromatic nitrogens is 1. The van der Waals surface area contributed by atoms with Crippen molar-refractivity contribution in [1.82, 2.24) is 4.98 Å². The predicted molar refractivity (Wildman–Crippen MR) is 129 cm³/mol. The topological polar surface area (TPSA) is 81.4 Å². The fourth-order valence-corrected chi connectivity index (χ4v) is 4.29. The summed E-state index contributed by atoms with van der Waals surface area (Å²) in [6.45, 7) is 1.30. The second kappa shape index (κ2) is 9.55. The molecule has 1 heterocycles. The van der Waals surface area contributed by atoms with Crippen molar-refractivity contribution in [2.45, 2.75) is 6.92 Å². The molecule has 0 aliphatic rings. The number of allylic oxidation sites excluding steroid dienone is 1. The number of methoxy groups -OCH3 is 2. The Morgan fingerprint density at radius 1 is 1.06 bits per heavy atom. The molecule has 0 aliphatic carbocycles. The van der Waals surface area contributed by atoms with Crippen molar-refractivity contribution in [2.75, 3.05) is 14.2 Å². The van der Waals surface area contributed by atoms with E-state index in [0.717, 1.165) is 22.0 Å². The Kier molecular flexibility index (Phi) is 6.38. The van der Waals surface area contributed by atoms with E-state index in [4.69, 9.17) is 19.2 Å². The van der Waals surface area contributed by atoms with Gasteiger partial charge in [-0.2, -0.15) is 5.26 Å². The number of carbonyl (C=O) groups is 1. The van der Waals surface area contributed by atoms with Crippen LogP contribution in [0.4, 0.5) is 0 Å². The monoisotopic (exact) mass is 456 g/mol. The van der Waals surface area contributed by atoms with E-state index in [1.54, 1.807) is 18.2 Å². The van der Waals surface area contributed by atoms with E-state index in [2.05, 4.69) is 24.3 Å². The highest BCUT2D eigenvalue weighted by molar-refractivity contribution is 7.11. The van der Waals surface area contributed by atoms with E-state index >= 15 is 0 Å². The molecular weight excluding hydrogens is 436 g/mol. The maximum atomic E-state index is 11.4. The van der Waals surface area contributed by atoms with Gasteiger partial charge < -0.3 is 14.2 Å². The molecule has 4 rings (SSSR count). The predicted octanol–water partition coefficient (Wildman–Crippen LogP) is 5.97. The summed E-state index contributed by atoms with van der Waals surface area (Å²) in [5.41, 5.74) is 2.88. The van der Waals surface area contributed by atoms with Crippen LogP contribution in [-0.4, -0.2) is 25.2 Å². The first-order valence-electron chi connectivity index (χ1n) is 10.0. The molecule has 0 amide bonds. The molecular formula is C26H20N2O4S. The third-order valence-corrected chi connectivity index (χ3v) is 5.84. The molecule has 0 saturated heterocycles. The Morgan fingerprint density at radius 3 is 2.42 bits per heavy atom. The molecule has 1 aromatic heterocycles. The Hall–Kier alpha value is -4.15. The molecule has 0 saturated carbocycles. The summed E-state index contributed by atoms with van der Waals surface area (Å²) >= 11 is 1.40. The van der Waals surface area contributed by atoms with Gasteiger partial charge in [0.2, 0.25) is 5.75 Å². The lowest BCUT2D eigenvalue weighted by Crippen LogP contribution is -2.05. The van der Waals surface area contributed by atoms with Crippen LogP contribution in [-0.2, 0) is 4.79 Å². The van der Waals surface area contributed by atoms with Gasteiger partial charge in [0.25, 0.3) is 0 Å². The van der Waals surface area contributed by atoms with Crippen LogP contribution in [0, 0.1) is 11.3 Å². The number of hydrogen-bond donors (Lipinski definition) is 0. The van der Waals surface area contributed by atoms with Gasteiger partial charge in [-0.15, -0.1) is 11.3 Å².